The van der Waals surface area contributed by atoms with Crippen LogP contribution in [0, 0.1) is 52.3 Å². The quantitative estimate of drug-likeness (QED) is 0.451. The molecule has 0 spiro atoms. The highest BCUT2D eigenvalue weighted by atomic mass is 16.5. The predicted octanol–water partition coefficient (Wildman–Crippen LogP) is 6.01. The Labute approximate surface area is 184 Å². The zero-order chi connectivity index (χ0) is 21.8. The first-order valence-corrected chi connectivity index (χ1v) is 12.6. The lowest BCUT2D eigenvalue weighted by molar-refractivity contribution is -0.216. The summed E-state index contributed by atoms with van der Waals surface area (Å²) in [6.45, 7) is 14.1. The molecule has 1 N–H and O–H groups in total. The van der Waals surface area contributed by atoms with Gasteiger partial charge in [-0.25, -0.2) is 0 Å². The van der Waals surface area contributed by atoms with Crippen molar-refractivity contribution in [1.82, 2.24) is 0 Å². The molecule has 0 aromatic rings. The number of carbonyl (C=O) groups is 1. The Kier molecular flexibility index (Phi) is 5.92. The maximum absolute atomic E-state index is 13.0. The molecule has 3 nitrogen and oxygen atoms in total. The third-order valence-electron chi connectivity index (χ3n) is 10.4. The van der Waals surface area contributed by atoms with E-state index >= 15 is 0 Å². The summed E-state index contributed by atoms with van der Waals surface area (Å²) in [4.78, 5) is 13.0. The van der Waals surface area contributed by atoms with Crippen molar-refractivity contribution in [3.05, 3.63) is 12.2 Å². The third-order valence-corrected chi connectivity index (χ3v) is 10.4. The number of fused-ring (bicyclic) bond motifs is 5. The fraction of sp³-hybridized carbons (Fsp3) is 0.889. The molecule has 0 aromatic carbocycles. The van der Waals surface area contributed by atoms with Crippen LogP contribution in [0.25, 0.3) is 0 Å². The number of allylic oxidation sites excluding steroid dienone is 2. The largest absolute Gasteiger partial charge is 0.462 e. The van der Waals surface area contributed by atoms with Crippen LogP contribution >= 0.6 is 0 Å². The molecule has 4 fully saturated rings. The average molecular weight is 417 g/mol. The van der Waals surface area contributed by atoms with Crippen LogP contribution in [-0.4, -0.2) is 23.3 Å². The maximum atomic E-state index is 13.0. The van der Waals surface area contributed by atoms with Crippen LogP contribution in [-0.2, 0) is 9.53 Å². The minimum Gasteiger partial charge on any atom is -0.462 e. The number of rotatable bonds is 4. The van der Waals surface area contributed by atoms with Gasteiger partial charge in [0, 0.05) is 11.8 Å². The number of hydrogen-bond donors (Lipinski definition) is 1. The molecule has 3 saturated carbocycles. The van der Waals surface area contributed by atoms with Crippen molar-refractivity contribution in [2.45, 2.75) is 98.7 Å². The highest BCUT2D eigenvalue weighted by Crippen LogP contribution is 2.65. The number of esters is 1. The molecule has 0 unspecified atom stereocenters. The van der Waals surface area contributed by atoms with E-state index in [1.165, 1.54) is 25.7 Å². The summed E-state index contributed by atoms with van der Waals surface area (Å²) >= 11 is 0. The van der Waals surface area contributed by atoms with Gasteiger partial charge in [-0.2, -0.15) is 0 Å². The van der Waals surface area contributed by atoms with Crippen molar-refractivity contribution in [3.63, 3.8) is 0 Å². The van der Waals surface area contributed by atoms with E-state index in [0.29, 0.717) is 41.9 Å². The molecule has 10 atom stereocenters. The van der Waals surface area contributed by atoms with Gasteiger partial charge in [-0.1, -0.05) is 53.7 Å². The molecule has 3 heteroatoms. The van der Waals surface area contributed by atoms with Gasteiger partial charge in [0.25, 0.3) is 0 Å². The van der Waals surface area contributed by atoms with E-state index in [0.717, 1.165) is 12.8 Å². The molecule has 30 heavy (non-hydrogen) atoms. The molecule has 3 aliphatic carbocycles. The van der Waals surface area contributed by atoms with Gasteiger partial charge in [0.15, 0.2) is 0 Å². The fourth-order valence-electron chi connectivity index (χ4n) is 7.89. The van der Waals surface area contributed by atoms with Crippen molar-refractivity contribution in [2.24, 2.45) is 52.3 Å². The van der Waals surface area contributed by atoms with Gasteiger partial charge in [-0.3, -0.25) is 4.79 Å². The van der Waals surface area contributed by atoms with Gasteiger partial charge in [0.2, 0.25) is 0 Å². The number of aliphatic hydroxyl groups excluding tert-OH is 1. The number of carbonyl (C=O) groups excluding carboxylic acids is 1. The van der Waals surface area contributed by atoms with E-state index in [-0.39, 0.29) is 34.9 Å². The molecule has 1 saturated heterocycles. The number of aliphatic hydroxyl groups is 1. The monoisotopic (exact) mass is 416 g/mol. The summed E-state index contributed by atoms with van der Waals surface area (Å²) in [5.74, 6) is 3.38. The molecule has 0 aromatic heterocycles. The van der Waals surface area contributed by atoms with E-state index in [2.05, 4.69) is 53.7 Å². The Balaban J connectivity index is 1.54. The first kappa shape index (κ1) is 22.4. The Morgan fingerprint density at radius 2 is 1.63 bits per heavy atom. The van der Waals surface area contributed by atoms with Crippen molar-refractivity contribution < 1.29 is 14.6 Å². The second kappa shape index (κ2) is 7.94. The lowest BCUT2D eigenvalue weighted by Crippen LogP contribution is -2.60. The standard InChI is InChI=1S/C27H44O3/c1-16(2)17(3)7-8-18(4)20-9-10-21-24-22(12-14-26(20,21)5)27(6)13-11-19(28)15-23(27)25(29)30-24/h7-8,16-24,28H,9-15H2,1-6H3/b8-7+/t17-,18+,19-,20+,21+,22+,23-,24-,26+,27+/m0/s1. The summed E-state index contributed by atoms with van der Waals surface area (Å²) in [5, 5.41) is 10.2. The Bertz CT molecular complexity index is 684. The SMILES string of the molecule is CC(C)[C@@H](C)/C=C/[C@@H](C)[C@H]1CC[C@@H]2[C@@H]3OC(=O)[C@@H]4C[C@@H](O)CC[C@]4(C)[C@@H]3CC[C@@]21C. The topological polar surface area (TPSA) is 46.5 Å². The molecule has 4 rings (SSSR count). The Morgan fingerprint density at radius 1 is 0.967 bits per heavy atom. The van der Waals surface area contributed by atoms with Crippen LogP contribution in [0.3, 0.4) is 0 Å². The van der Waals surface area contributed by atoms with Gasteiger partial charge in [-0.05, 0) is 79.4 Å². The van der Waals surface area contributed by atoms with Crippen molar-refractivity contribution in [2.75, 3.05) is 0 Å². The van der Waals surface area contributed by atoms with Crippen LogP contribution in [0.4, 0.5) is 0 Å². The molecular formula is C27H44O3. The van der Waals surface area contributed by atoms with Gasteiger partial charge in [0.05, 0.1) is 12.0 Å². The zero-order valence-electron chi connectivity index (χ0n) is 20.1. The lowest BCUT2D eigenvalue weighted by atomic mass is 9.49. The van der Waals surface area contributed by atoms with Gasteiger partial charge in [0.1, 0.15) is 6.10 Å². The van der Waals surface area contributed by atoms with E-state index in [9.17, 15) is 9.90 Å². The van der Waals surface area contributed by atoms with Gasteiger partial charge >= 0.3 is 5.97 Å². The van der Waals surface area contributed by atoms with Crippen LogP contribution in [0.2, 0.25) is 0 Å². The number of ether oxygens (including phenoxy) is 1. The first-order valence-electron chi connectivity index (χ1n) is 12.6. The normalized spacial score (nSPS) is 48.1. The second-order valence-electron chi connectivity index (χ2n) is 12.2. The Hall–Kier alpha value is -0.830. The Morgan fingerprint density at radius 3 is 2.33 bits per heavy atom. The van der Waals surface area contributed by atoms with E-state index in [1.807, 2.05) is 0 Å². The highest BCUT2D eigenvalue weighted by Gasteiger charge is 2.64. The van der Waals surface area contributed by atoms with Crippen LogP contribution < -0.4 is 0 Å². The summed E-state index contributed by atoms with van der Waals surface area (Å²) in [6.07, 6.45) is 11.9. The highest BCUT2D eigenvalue weighted by molar-refractivity contribution is 5.75. The van der Waals surface area contributed by atoms with E-state index < -0.39 is 0 Å². The first-order chi connectivity index (χ1) is 14.1. The lowest BCUT2D eigenvalue weighted by Gasteiger charge is -2.59. The summed E-state index contributed by atoms with van der Waals surface area (Å²) in [7, 11) is 0. The van der Waals surface area contributed by atoms with Crippen LogP contribution in [0.5, 0.6) is 0 Å². The predicted molar refractivity (Wildman–Crippen MR) is 121 cm³/mol. The maximum Gasteiger partial charge on any atom is 0.309 e. The van der Waals surface area contributed by atoms with Gasteiger partial charge < -0.3 is 9.84 Å². The molecular weight excluding hydrogens is 372 g/mol. The zero-order valence-corrected chi connectivity index (χ0v) is 20.1. The molecule has 0 bridgehead atoms. The average Bonchev–Trinajstić information content (AvgIpc) is 3.04. The van der Waals surface area contributed by atoms with Crippen LogP contribution in [0.15, 0.2) is 12.2 Å². The summed E-state index contributed by atoms with van der Waals surface area (Å²) in [6, 6.07) is 0. The molecule has 1 heterocycles. The second-order valence-corrected chi connectivity index (χ2v) is 12.2. The van der Waals surface area contributed by atoms with E-state index in [1.54, 1.807) is 0 Å². The third kappa shape index (κ3) is 3.48. The fourth-order valence-corrected chi connectivity index (χ4v) is 7.89. The van der Waals surface area contributed by atoms with Crippen molar-refractivity contribution >= 4 is 5.97 Å². The molecule has 0 radical (unpaired) electrons. The molecule has 170 valence electrons. The molecule has 1 aliphatic heterocycles. The minimum absolute atomic E-state index is 0.0108. The summed E-state index contributed by atoms with van der Waals surface area (Å²) < 4.78 is 6.24. The van der Waals surface area contributed by atoms with Crippen LogP contribution in [0.1, 0.15) is 86.5 Å². The summed E-state index contributed by atoms with van der Waals surface area (Å²) in [5.41, 5.74) is 0.278. The molecule has 4 aliphatic rings. The van der Waals surface area contributed by atoms with Crippen molar-refractivity contribution in [1.29, 1.82) is 0 Å². The van der Waals surface area contributed by atoms with Crippen molar-refractivity contribution in [3.8, 4) is 0 Å². The minimum atomic E-state index is -0.335. The smallest absolute Gasteiger partial charge is 0.309 e. The van der Waals surface area contributed by atoms with Gasteiger partial charge in [-0.15, -0.1) is 0 Å². The van der Waals surface area contributed by atoms with E-state index in [4.69, 9.17) is 4.74 Å². The number of hydrogen-bond acceptors (Lipinski definition) is 3. The molecule has 0 amide bonds.